The lowest BCUT2D eigenvalue weighted by Crippen LogP contribution is -2.37. The number of fused-ring (bicyclic) bond motifs is 1. The normalized spacial score (nSPS) is 15.6. The second-order valence-electron chi connectivity index (χ2n) is 5.92. The molecule has 0 bridgehead atoms. The number of hydrogen-bond acceptors (Lipinski definition) is 5. The number of halogens is 1. The van der Waals surface area contributed by atoms with Crippen LogP contribution in [-0.4, -0.2) is 28.5 Å². The molecule has 0 aliphatic carbocycles. The quantitative estimate of drug-likeness (QED) is 0.614. The number of benzene rings is 1. The molecular weight excluding hydrogens is 374 g/mol. The van der Waals surface area contributed by atoms with Gasteiger partial charge in [-0.15, -0.1) is 11.3 Å². The van der Waals surface area contributed by atoms with E-state index >= 15 is 0 Å². The summed E-state index contributed by atoms with van der Waals surface area (Å²) < 4.78 is 5.29. The fraction of sp³-hybridized carbons (Fsp3) is 0.263. The van der Waals surface area contributed by atoms with E-state index in [9.17, 15) is 14.7 Å². The van der Waals surface area contributed by atoms with E-state index in [1.807, 2.05) is 11.0 Å². The monoisotopic (exact) mass is 391 g/mol. The standard InChI is InChI=1S/C19H18ClNO4S/c1-2-5-16(22)25-17-10-12-11-21(9-8-15(12)26-17)18(19(23)24)13-6-3-4-7-14(13)20/h2-7,10,18H,8-9,11H2,1H3,(H,23,24). The highest BCUT2D eigenvalue weighted by molar-refractivity contribution is 7.14. The molecule has 3 rings (SSSR count). The maximum Gasteiger partial charge on any atom is 0.336 e. The Morgan fingerprint density at radius 2 is 2.15 bits per heavy atom. The summed E-state index contributed by atoms with van der Waals surface area (Å²) >= 11 is 7.66. The Morgan fingerprint density at radius 3 is 2.85 bits per heavy atom. The number of carbonyl (C=O) groups is 2. The summed E-state index contributed by atoms with van der Waals surface area (Å²) in [6.07, 6.45) is 3.69. The van der Waals surface area contributed by atoms with Crippen LogP contribution in [0.3, 0.4) is 0 Å². The summed E-state index contributed by atoms with van der Waals surface area (Å²) in [6, 6.07) is 8.02. The van der Waals surface area contributed by atoms with Crippen LogP contribution in [-0.2, 0) is 22.6 Å². The predicted octanol–water partition coefficient (Wildman–Crippen LogP) is 4.07. The number of allylic oxidation sites excluding steroid dienone is 1. The third kappa shape index (κ3) is 3.98. The summed E-state index contributed by atoms with van der Waals surface area (Å²) in [5.74, 6) is -1.35. The van der Waals surface area contributed by atoms with Crippen LogP contribution in [0.1, 0.15) is 29.0 Å². The number of thiophene rings is 1. The molecule has 1 aromatic carbocycles. The predicted molar refractivity (Wildman–Crippen MR) is 101 cm³/mol. The van der Waals surface area contributed by atoms with Crippen molar-refractivity contribution in [1.29, 1.82) is 0 Å². The molecule has 0 spiro atoms. The van der Waals surface area contributed by atoms with Crippen LogP contribution in [0, 0.1) is 0 Å². The van der Waals surface area contributed by atoms with Crippen molar-refractivity contribution in [2.24, 2.45) is 0 Å². The van der Waals surface area contributed by atoms with Crippen molar-refractivity contribution >= 4 is 34.9 Å². The third-order valence-corrected chi connectivity index (χ3v) is 5.64. The van der Waals surface area contributed by atoms with Crippen molar-refractivity contribution in [3.05, 3.63) is 63.5 Å². The molecule has 0 fully saturated rings. The number of hydrogen-bond donors (Lipinski definition) is 1. The number of rotatable bonds is 5. The number of carboxylic acids is 1. The molecule has 1 atom stereocenters. The lowest BCUT2D eigenvalue weighted by molar-refractivity contribution is -0.144. The lowest BCUT2D eigenvalue weighted by atomic mass is 10.0. The maximum absolute atomic E-state index is 11.9. The van der Waals surface area contributed by atoms with Gasteiger partial charge in [-0.3, -0.25) is 9.69 Å². The topological polar surface area (TPSA) is 66.8 Å². The van der Waals surface area contributed by atoms with Crippen LogP contribution >= 0.6 is 22.9 Å². The van der Waals surface area contributed by atoms with Crippen LogP contribution in [0.25, 0.3) is 0 Å². The maximum atomic E-state index is 11.9. The summed E-state index contributed by atoms with van der Waals surface area (Å²) in [5, 5.41) is 10.7. The molecule has 2 heterocycles. The van der Waals surface area contributed by atoms with Crippen LogP contribution in [0.2, 0.25) is 5.02 Å². The SMILES string of the molecule is CC=CC(=O)Oc1cc2c(s1)CCN(C(C(=O)O)c1ccccc1Cl)C2. The fourth-order valence-electron chi connectivity index (χ4n) is 3.05. The first-order valence-corrected chi connectivity index (χ1v) is 9.36. The number of aliphatic carboxylic acids is 1. The highest BCUT2D eigenvalue weighted by Crippen LogP contribution is 2.37. The highest BCUT2D eigenvalue weighted by Gasteiger charge is 2.32. The number of carbonyl (C=O) groups excluding carboxylic acids is 1. The molecule has 5 nitrogen and oxygen atoms in total. The Balaban J connectivity index is 1.82. The minimum Gasteiger partial charge on any atom is -0.480 e. The summed E-state index contributed by atoms with van der Waals surface area (Å²) in [6.45, 7) is 2.81. The molecule has 1 aromatic heterocycles. The van der Waals surface area contributed by atoms with Gasteiger partial charge in [0.1, 0.15) is 6.04 Å². The van der Waals surface area contributed by atoms with Gasteiger partial charge in [-0.2, -0.15) is 0 Å². The van der Waals surface area contributed by atoms with E-state index in [0.717, 1.165) is 10.4 Å². The van der Waals surface area contributed by atoms with Gasteiger partial charge >= 0.3 is 11.9 Å². The zero-order valence-corrected chi connectivity index (χ0v) is 15.7. The second-order valence-corrected chi connectivity index (χ2v) is 7.42. The molecule has 1 unspecified atom stereocenters. The summed E-state index contributed by atoms with van der Waals surface area (Å²) in [7, 11) is 0. The van der Waals surface area contributed by atoms with Gasteiger partial charge in [-0.25, -0.2) is 4.79 Å². The van der Waals surface area contributed by atoms with Crippen molar-refractivity contribution in [2.45, 2.75) is 25.9 Å². The Kier molecular flexibility index (Phi) is 5.76. The van der Waals surface area contributed by atoms with E-state index < -0.39 is 18.0 Å². The van der Waals surface area contributed by atoms with Gasteiger partial charge in [-0.05, 0) is 36.6 Å². The number of carboxylic acid groups (broad SMARTS) is 1. The van der Waals surface area contributed by atoms with Gasteiger partial charge in [0.15, 0.2) is 5.06 Å². The van der Waals surface area contributed by atoms with E-state index in [0.29, 0.717) is 35.2 Å². The van der Waals surface area contributed by atoms with Crippen molar-refractivity contribution < 1.29 is 19.4 Å². The molecule has 7 heteroatoms. The van der Waals surface area contributed by atoms with E-state index in [1.165, 1.54) is 17.4 Å². The number of nitrogens with zero attached hydrogens (tertiary/aromatic N) is 1. The second kappa shape index (κ2) is 8.03. The highest BCUT2D eigenvalue weighted by atomic mass is 35.5. The minimum atomic E-state index is -0.934. The first kappa shape index (κ1) is 18.6. The van der Waals surface area contributed by atoms with Gasteiger partial charge in [0.05, 0.1) is 0 Å². The molecular formula is C19H18ClNO4S. The molecule has 0 saturated heterocycles. The van der Waals surface area contributed by atoms with E-state index in [-0.39, 0.29) is 0 Å². The van der Waals surface area contributed by atoms with Crippen molar-refractivity contribution in [3.8, 4) is 5.06 Å². The zero-order valence-electron chi connectivity index (χ0n) is 14.1. The first-order valence-electron chi connectivity index (χ1n) is 8.17. The van der Waals surface area contributed by atoms with E-state index in [1.54, 1.807) is 37.3 Å². The average molecular weight is 392 g/mol. The summed E-state index contributed by atoms with van der Waals surface area (Å²) in [5.41, 5.74) is 1.57. The average Bonchev–Trinajstić information content (AvgIpc) is 2.98. The van der Waals surface area contributed by atoms with Gasteiger partial charge in [0.25, 0.3) is 0 Å². The molecule has 1 aliphatic rings. The molecule has 0 radical (unpaired) electrons. The lowest BCUT2D eigenvalue weighted by Gasteiger charge is -2.32. The Bertz CT molecular complexity index is 861. The third-order valence-electron chi connectivity index (χ3n) is 4.18. The molecule has 1 aliphatic heterocycles. The van der Waals surface area contributed by atoms with E-state index in [4.69, 9.17) is 16.3 Å². The van der Waals surface area contributed by atoms with Gasteiger partial charge in [-0.1, -0.05) is 35.9 Å². The number of ether oxygens (including phenoxy) is 1. The molecule has 0 saturated carbocycles. The van der Waals surface area contributed by atoms with Gasteiger partial charge in [0, 0.05) is 29.1 Å². The summed E-state index contributed by atoms with van der Waals surface area (Å²) in [4.78, 5) is 26.5. The molecule has 1 N–H and O–H groups in total. The van der Waals surface area contributed by atoms with E-state index in [2.05, 4.69) is 0 Å². The molecule has 0 amide bonds. The zero-order chi connectivity index (χ0) is 18.7. The van der Waals surface area contributed by atoms with Crippen LogP contribution < -0.4 is 4.74 Å². The van der Waals surface area contributed by atoms with Gasteiger partial charge in [0.2, 0.25) is 0 Å². The van der Waals surface area contributed by atoms with Gasteiger partial charge < -0.3 is 9.84 Å². The first-order chi connectivity index (χ1) is 12.5. The van der Waals surface area contributed by atoms with Crippen molar-refractivity contribution in [3.63, 3.8) is 0 Å². The fourth-order valence-corrected chi connectivity index (χ4v) is 4.31. The number of esters is 1. The Labute approximate surface area is 160 Å². The van der Waals surface area contributed by atoms with Crippen LogP contribution in [0.15, 0.2) is 42.5 Å². The molecule has 2 aromatic rings. The molecule has 26 heavy (non-hydrogen) atoms. The Hall–Kier alpha value is -2.15. The van der Waals surface area contributed by atoms with Crippen molar-refractivity contribution in [2.75, 3.05) is 6.54 Å². The van der Waals surface area contributed by atoms with Crippen LogP contribution in [0.5, 0.6) is 5.06 Å². The smallest absolute Gasteiger partial charge is 0.336 e. The largest absolute Gasteiger partial charge is 0.480 e. The minimum absolute atomic E-state index is 0.414. The van der Waals surface area contributed by atoms with Crippen LogP contribution in [0.4, 0.5) is 0 Å². The van der Waals surface area contributed by atoms with Crippen molar-refractivity contribution in [1.82, 2.24) is 4.90 Å². The molecule has 136 valence electrons. The Morgan fingerprint density at radius 1 is 1.38 bits per heavy atom.